The highest BCUT2D eigenvalue weighted by Gasteiger charge is 2.33. The average Bonchev–Trinajstić information content (AvgIpc) is 3.56. The molecule has 2 N–H and O–H groups in total. The molecule has 0 saturated heterocycles. The van der Waals surface area contributed by atoms with Crippen LogP contribution in [0.1, 0.15) is 33.2 Å². The minimum atomic E-state index is -0.315. The first-order valence-electron chi connectivity index (χ1n) is 12.2. The van der Waals surface area contributed by atoms with Crippen molar-refractivity contribution in [2.45, 2.75) is 24.9 Å². The van der Waals surface area contributed by atoms with E-state index >= 15 is 0 Å². The van der Waals surface area contributed by atoms with Crippen LogP contribution >= 0.6 is 22.7 Å². The summed E-state index contributed by atoms with van der Waals surface area (Å²) >= 11 is 3.07. The van der Waals surface area contributed by atoms with Crippen LogP contribution < -0.4 is 20.4 Å². The molecule has 2 aliphatic rings. The van der Waals surface area contributed by atoms with Crippen LogP contribution in [-0.2, 0) is 22.4 Å². The Balaban J connectivity index is 0.000000155. The van der Waals surface area contributed by atoms with Crippen molar-refractivity contribution in [1.29, 1.82) is 0 Å². The van der Waals surface area contributed by atoms with Gasteiger partial charge in [0.1, 0.15) is 12.1 Å². The minimum Gasteiger partial charge on any atom is -0.310 e. The van der Waals surface area contributed by atoms with Crippen LogP contribution in [0.5, 0.6) is 0 Å². The zero-order valence-corrected chi connectivity index (χ0v) is 22.7. The van der Waals surface area contributed by atoms with Crippen LogP contribution in [0.25, 0.3) is 0 Å². The second kappa shape index (κ2) is 11.9. The summed E-state index contributed by atoms with van der Waals surface area (Å²) in [6.07, 6.45) is 8.39. The lowest BCUT2D eigenvalue weighted by Gasteiger charge is -2.24. The van der Waals surface area contributed by atoms with Crippen LogP contribution in [0.2, 0.25) is 0 Å². The molecule has 196 valence electrons. The maximum Gasteiger partial charge on any atom is 0.249 e. The molecule has 38 heavy (non-hydrogen) atoms. The summed E-state index contributed by atoms with van der Waals surface area (Å²) in [5.74, 6) is 0.121. The van der Waals surface area contributed by atoms with Crippen LogP contribution in [0, 0.1) is 0 Å². The van der Waals surface area contributed by atoms with Crippen molar-refractivity contribution in [2.24, 2.45) is 0 Å². The fourth-order valence-electron chi connectivity index (χ4n) is 4.65. The predicted molar refractivity (Wildman–Crippen MR) is 148 cm³/mol. The molecule has 12 heteroatoms. The number of rotatable bonds is 4. The second-order valence-electron chi connectivity index (χ2n) is 8.67. The van der Waals surface area contributed by atoms with Gasteiger partial charge in [-0.15, -0.1) is 22.7 Å². The monoisotopic (exact) mass is 548 g/mol. The number of amides is 2. The van der Waals surface area contributed by atoms with Gasteiger partial charge in [0.15, 0.2) is 0 Å². The van der Waals surface area contributed by atoms with E-state index in [0.29, 0.717) is 13.1 Å². The van der Waals surface area contributed by atoms with Crippen LogP contribution in [-0.4, -0.2) is 58.9 Å². The number of carbonyl (C=O) groups is 2. The molecular formula is C26H28N8O2S2. The Hall–Kier alpha value is -3.58. The highest BCUT2D eigenvalue weighted by atomic mass is 32.1. The maximum absolute atomic E-state index is 12.7. The smallest absolute Gasteiger partial charge is 0.249 e. The molecule has 0 radical (unpaired) electrons. The van der Waals surface area contributed by atoms with E-state index in [2.05, 4.69) is 30.6 Å². The summed E-state index contributed by atoms with van der Waals surface area (Å²) in [6, 6.07) is 6.85. The van der Waals surface area contributed by atoms with Crippen molar-refractivity contribution in [1.82, 2.24) is 30.6 Å². The van der Waals surface area contributed by atoms with Crippen molar-refractivity contribution < 1.29 is 9.59 Å². The lowest BCUT2D eigenvalue weighted by molar-refractivity contribution is -0.121. The largest absolute Gasteiger partial charge is 0.310 e. The topological polar surface area (TPSA) is 116 Å². The molecule has 4 aromatic rings. The van der Waals surface area contributed by atoms with Crippen molar-refractivity contribution in [3.8, 4) is 0 Å². The summed E-state index contributed by atoms with van der Waals surface area (Å²) in [7, 11) is 3.61. The maximum atomic E-state index is 12.7. The van der Waals surface area contributed by atoms with Gasteiger partial charge in [-0.3, -0.25) is 19.6 Å². The number of anilines is 2. The van der Waals surface area contributed by atoms with Crippen LogP contribution in [0.4, 0.5) is 11.4 Å². The van der Waals surface area contributed by atoms with Gasteiger partial charge in [-0.2, -0.15) is 0 Å². The number of carbonyl (C=O) groups excluding carboxylic acids is 2. The van der Waals surface area contributed by atoms with Gasteiger partial charge >= 0.3 is 0 Å². The number of pyridine rings is 2. The number of hydrogen-bond acceptors (Lipinski definition) is 10. The van der Waals surface area contributed by atoms with Crippen molar-refractivity contribution in [3.63, 3.8) is 0 Å². The first kappa shape index (κ1) is 26.0. The van der Waals surface area contributed by atoms with Gasteiger partial charge < -0.3 is 20.4 Å². The van der Waals surface area contributed by atoms with E-state index in [1.807, 2.05) is 42.3 Å². The first-order valence-corrected chi connectivity index (χ1v) is 14.0. The molecular weight excluding hydrogens is 520 g/mol. The molecule has 0 spiro atoms. The van der Waals surface area contributed by atoms with Crippen LogP contribution in [0.3, 0.4) is 0 Å². The summed E-state index contributed by atoms with van der Waals surface area (Å²) in [4.78, 5) is 47.8. The highest BCUT2D eigenvalue weighted by Crippen LogP contribution is 2.31. The molecule has 2 atom stereocenters. The Bertz CT molecular complexity index is 1270. The molecule has 6 rings (SSSR count). The van der Waals surface area contributed by atoms with Crippen LogP contribution in [0.15, 0.2) is 60.1 Å². The Labute approximate surface area is 228 Å². The molecule has 10 nitrogen and oxygen atoms in total. The van der Waals surface area contributed by atoms with Crippen molar-refractivity contribution in [2.75, 3.05) is 37.0 Å². The van der Waals surface area contributed by atoms with E-state index in [0.717, 1.165) is 45.4 Å². The molecule has 4 aromatic heterocycles. The number of aromatic nitrogens is 4. The molecule has 0 bridgehead atoms. The van der Waals surface area contributed by atoms with E-state index in [9.17, 15) is 9.59 Å². The molecule has 2 aliphatic heterocycles. The minimum absolute atomic E-state index is 0.0542. The summed E-state index contributed by atoms with van der Waals surface area (Å²) in [5.41, 5.74) is 7.38. The molecule has 0 fully saturated rings. The Morgan fingerprint density at radius 2 is 1.32 bits per heavy atom. The van der Waals surface area contributed by atoms with E-state index in [1.54, 1.807) is 41.6 Å². The third-order valence-corrected chi connectivity index (χ3v) is 8.42. The number of fused-ring (bicyclic) bond motifs is 2. The van der Waals surface area contributed by atoms with Crippen molar-refractivity contribution in [3.05, 3.63) is 81.2 Å². The lowest BCUT2D eigenvalue weighted by Crippen LogP contribution is -2.39. The normalized spacial score (nSPS) is 19.1. The van der Waals surface area contributed by atoms with E-state index in [4.69, 9.17) is 0 Å². The predicted octanol–water partition coefficient (Wildman–Crippen LogP) is 2.78. The third-order valence-electron chi connectivity index (χ3n) is 6.55. The Morgan fingerprint density at radius 3 is 1.82 bits per heavy atom. The van der Waals surface area contributed by atoms with Gasteiger partial charge in [-0.25, -0.2) is 9.97 Å². The standard InChI is InChI=1S/2C13H14N4OS/c1-14-11-12-10(16-8-19-12)4-7-17(13(11)18)9-2-5-15-6-3-9;1-14-11-12-10(16-8-19-12)4-6-17(13(11)18)9-3-2-5-15-7-9/h2-3,5-6,8,11,14H,4,7H2,1H3;2-3,5,7-8,11,14H,4,6H2,1H3. The average molecular weight is 549 g/mol. The Morgan fingerprint density at radius 1 is 0.763 bits per heavy atom. The van der Waals surface area contributed by atoms with Gasteiger partial charge in [0.25, 0.3) is 0 Å². The number of nitrogens with zero attached hydrogens (tertiary/aromatic N) is 6. The highest BCUT2D eigenvalue weighted by molar-refractivity contribution is 7.10. The number of likely N-dealkylation sites (N-methyl/N-ethyl adjacent to an activating group) is 2. The molecule has 0 aromatic carbocycles. The summed E-state index contributed by atoms with van der Waals surface area (Å²) in [5, 5.41) is 6.19. The number of nitrogens with one attached hydrogen (secondary N) is 2. The third kappa shape index (κ3) is 5.20. The van der Waals surface area contributed by atoms with Gasteiger partial charge in [-0.05, 0) is 38.4 Å². The zero-order valence-electron chi connectivity index (χ0n) is 21.1. The van der Waals surface area contributed by atoms with Gasteiger partial charge in [-0.1, -0.05) is 0 Å². The van der Waals surface area contributed by atoms with E-state index in [-0.39, 0.29) is 23.9 Å². The lowest BCUT2D eigenvalue weighted by atomic mass is 10.2. The zero-order chi connectivity index (χ0) is 26.5. The molecule has 2 unspecified atom stereocenters. The van der Waals surface area contributed by atoms with Gasteiger partial charge in [0.05, 0.1) is 44.0 Å². The second-order valence-corrected chi connectivity index (χ2v) is 10.4. The summed E-state index contributed by atoms with van der Waals surface area (Å²) < 4.78 is 0. The first-order chi connectivity index (χ1) is 18.6. The molecule has 0 aliphatic carbocycles. The van der Waals surface area contributed by atoms with Gasteiger partial charge in [0, 0.05) is 50.2 Å². The molecule has 2 amide bonds. The summed E-state index contributed by atoms with van der Waals surface area (Å²) in [6.45, 7) is 1.29. The van der Waals surface area contributed by atoms with E-state index in [1.165, 1.54) is 22.7 Å². The fourth-order valence-corrected chi connectivity index (χ4v) is 6.53. The number of thiazole rings is 2. The fraction of sp³-hybridized carbons (Fsp3) is 0.308. The van der Waals surface area contributed by atoms with Crippen molar-refractivity contribution >= 4 is 45.9 Å². The Kier molecular flexibility index (Phi) is 8.13. The molecule has 6 heterocycles. The quantitative estimate of drug-likeness (QED) is 0.400. The molecule has 0 saturated carbocycles. The van der Waals surface area contributed by atoms with E-state index < -0.39 is 0 Å². The number of hydrogen-bond donors (Lipinski definition) is 2. The van der Waals surface area contributed by atoms with Gasteiger partial charge in [0.2, 0.25) is 11.8 Å². The SMILES string of the molecule is CNC1C(=O)N(c2cccnc2)CCc2ncsc21.CNC1C(=O)N(c2ccncc2)CCc2ncsc21.